The van der Waals surface area contributed by atoms with Gasteiger partial charge in [-0.15, -0.1) is 0 Å². The van der Waals surface area contributed by atoms with E-state index in [0.717, 1.165) is 10.0 Å². The predicted molar refractivity (Wildman–Crippen MR) is 67.3 cm³/mol. The molecule has 0 aromatic heterocycles. The van der Waals surface area contributed by atoms with Gasteiger partial charge in [-0.25, -0.2) is 0 Å². The number of nitrogens with one attached hydrogen (secondary N) is 1. The average Bonchev–Trinajstić information content (AvgIpc) is 2.27. The first-order valence-electron chi connectivity index (χ1n) is 5.17. The maximum atomic E-state index is 11.4. The van der Waals surface area contributed by atoms with Gasteiger partial charge in [-0.3, -0.25) is 9.59 Å². The number of amides is 1. The number of carbonyl (C=O) groups excluding carboxylic acids is 2. The first-order valence-corrected chi connectivity index (χ1v) is 5.96. The van der Waals surface area contributed by atoms with Crippen molar-refractivity contribution in [1.29, 1.82) is 0 Å². The van der Waals surface area contributed by atoms with Crippen molar-refractivity contribution in [2.75, 3.05) is 6.61 Å². The minimum atomic E-state index is -0.462. The fourth-order valence-electron chi connectivity index (χ4n) is 1.29. The van der Waals surface area contributed by atoms with Crippen LogP contribution in [0.4, 0.5) is 0 Å². The highest BCUT2D eigenvalue weighted by atomic mass is 79.9. The van der Waals surface area contributed by atoms with Crippen molar-refractivity contribution in [2.24, 2.45) is 0 Å². The van der Waals surface area contributed by atoms with Crippen LogP contribution in [0.5, 0.6) is 0 Å². The molecule has 1 N–H and O–H groups in total. The summed E-state index contributed by atoms with van der Waals surface area (Å²) in [4.78, 5) is 21.9. The van der Waals surface area contributed by atoms with Crippen LogP contribution in [0.15, 0.2) is 28.7 Å². The van der Waals surface area contributed by atoms with Crippen molar-refractivity contribution >= 4 is 27.8 Å². The summed E-state index contributed by atoms with van der Waals surface area (Å²) in [5.41, 5.74) is 0.990. The van der Waals surface area contributed by atoms with E-state index in [1.54, 1.807) is 0 Å². The maximum absolute atomic E-state index is 11.4. The van der Waals surface area contributed by atoms with Gasteiger partial charge in [0.15, 0.2) is 6.61 Å². The van der Waals surface area contributed by atoms with E-state index in [0.29, 0.717) is 0 Å². The smallest absolute Gasteiger partial charge is 0.303 e. The molecule has 0 fully saturated rings. The van der Waals surface area contributed by atoms with E-state index < -0.39 is 5.97 Å². The monoisotopic (exact) mass is 299 g/mol. The summed E-state index contributed by atoms with van der Waals surface area (Å²) in [5, 5.41) is 2.74. The second kappa shape index (κ2) is 6.39. The van der Waals surface area contributed by atoms with Crippen LogP contribution in [0, 0.1) is 0 Å². The van der Waals surface area contributed by atoms with E-state index in [4.69, 9.17) is 0 Å². The summed E-state index contributed by atoms with van der Waals surface area (Å²) >= 11 is 3.34. The molecule has 0 bridgehead atoms. The third-order valence-electron chi connectivity index (χ3n) is 2.15. The predicted octanol–water partition coefficient (Wildman–Crippen LogP) is 2.19. The van der Waals surface area contributed by atoms with E-state index in [1.165, 1.54) is 6.92 Å². The second-order valence-corrected chi connectivity index (χ2v) is 4.54. The van der Waals surface area contributed by atoms with E-state index in [-0.39, 0.29) is 18.6 Å². The molecule has 0 saturated heterocycles. The fourth-order valence-corrected chi connectivity index (χ4v) is 1.55. The van der Waals surface area contributed by atoms with Crippen LogP contribution in [0.1, 0.15) is 25.5 Å². The minimum Gasteiger partial charge on any atom is -0.456 e. The Labute approximate surface area is 108 Å². The van der Waals surface area contributed by atoms with Crippen molar-refractivity contribution < 1.29 is 14.3 Å². The lowest BCUT2D eigenvalue weighted by molar-refractivity contribution is -0.146. The largest absolute Gasteiger partial charge is 0.456 e. The third-order valence-corrected chi connectivity index (χ3v) is 2.68. The molecule has 17 heavy (non-hydrogen) atoms. The molecule has 1 amide bonds. The highest BCUT2D eigenvalue weighted by Crippen LogP contribution is 2.16. The zero-order valence-electron chi connectivity index (χ0n) is 9.70. The molecule has 92 valence electrons. The zero-order valence-corrected chi connectivity index (χ0v) is 11.3. The zero-order chi connectivity index (χ0) is 12.8. The van der Waals surface area contributed by atoms with Gasteiger partial charge in [-0.1, -0.05) is 28.1 Å². The first kappa shape index (κ1) is 13.7. The molecule has 0 aliphatic heterocycles. The number of rotatable bonds is 4. The van der Waals surface area contributed by atoms with Gasteiger partial charge in [0.25, 0.3) is 5.91 Å². The molecule has 0 aliphatic carbocycles. The number of ether oxygens (including phenoxy) is 1. The Morgan fingerprint density at radius 1 is 1.35 bits per heavy atom. The number of hydrogen-bond donors (Lipinski definition) is 1. The van der Waals surface area contributed by atoms with Gasteiger partial charge < -0.3 is 10.1 Å². The molecule has 1 atom stereocenters. The van der Waals surface area contributed by atoms with Gasteiger partial charge in [-0.05, 0) is 24.6 Å². The van der Waals surface area contributed by atoms with E-state index >= 15 is 0 Å². The average molecular weight is 300 g/mol. The highest BCUT2D eigenvalue weighted by molar-refractivity contribution is 9.10. The molecule has 1 aromatic carbocycles. The number of halogens is 1. The third kappa shape index (κ3) is 4.99. The SMILES string of the molecule is CC(=O)OCC(=O)N[C@H](C)c1ccc(Br)cc1. The molecule has 5 heteroatoms. The molecule has 4 nitrogen and oxygen atoms in total. The Morgan fingerprint density at radius 2 is 1.94 bits per heavy atom. The summed E-state index contributed by atoms with van der Waals surface area (Å²) in [6.45, 7) is 2.90. The molecule has 0 aliphatic rings. The van der Waals surface area contributed by atoms with Crippen LogP contribution in [-0.2, 0) is 14.3 Å². The van der Waals surface area contributed by atoms with Crippen molar-refractivity contribution in [1.82, 2.24) is 5.32 Å². The molecule has 0 unspecified atom stereocenters. The van der Waals surface area contributed by atoms with Gasteiger partial charge in [0.05, 0.1) is 6.04 Å². The van der Waals surface area contributed by atoms with Crippen LogP contribution < -0.4 is 5.32 Å². The summed E-state index contributed by atoms with van der Waals surface area (Å²) < 4.78 is 5.59. The number of esters is 1. The van der Waals surface area contributed by atoms with Gasteiger partial charge >= 0.3 is 5.97 Å². The second-order valence-electron chi connectivity index (χ2n) is 3.62. The van der Waals surface area contributed by atoms with Crippen LogP contribution in [-0.4, -0.2) is 18.5 Å². The Morgan fingerprint density at radius 3 is 2.47 bits per heavy atom. The lowest BCUT2D eigenvalue weighted by atomic mass is 10.1. The summed E-state index contributed by atoms with van der Waals surface area (Å²) in [5.74, 6) is -0.771. The molecule has 0 heterocycles. The van der Waals surface area contributed by atoms with Crippen LogP contribution in [0.2, 0.25) is 0 Å². The maximum Gasteiger partial charge on any atom is 0.303 e. The van der Waals surface area contributed by atoms with Crippen molar-refractivity contribution in [3.63, 3.8) is 0 Å². The molecular weight excluding hydrogens is 286 g/mol. The Balaban J connectivity index is 2.48. The molecular formula is C12H14BrNO3. The Bertz CT molecular complexity index is 403. The lowest BCUT2D eigenvalue weighted by Gasteiger charge is -2.14. The number of carbonyl (C=O) groups is 2. The summed E-state index contributed by atoms with van der Waals surface area (Å²) in [6, 6.07) is 7.53. The molecule has 0 saturated carbocycles. The fraction of sp³-hybridized carbons (Fsp3) is 0.333. The molecule has 0 spiro atoms. The quantitative estimate of drug-likeness (QED) is 0.867. The lowest BCUT2D eigenvalue weighted by Crippen LogP contribution is -2.30. The normalized spacial score (nSPS) is 11.7. The van der Waals surface area contributed by atoms with Gasteiger partial charge in [-0.2, -0.15) is 0 Å². The standard InChI is InChI=1S/C12H14BrNO3/c1-8(10-3-5-11(13)6-4-10)14-12(16)7-17-9(2)15/h3-6,8H,7H2,1-2H3,(H,14,16)/t8-/m1/s1. The summed E-state index contributed by atoms with van der Waals surface area (Å²) in [6.07, 6.45) is 0. The molecule has 1 aromatic rings. The Kier molecular flexibility index (Phi) is 5.15. The van der Waals surface area contributed by atoms with Gasteiger partial charge in [0.2, 0.25) is 0 Å². The summed E-state index contributed by atoms with van der Waals surface area (Å²) in [7, 11) is 0. The van der Waals surface area contributed by atoms with E-state index in [9.17, 15) is 9.59 Å². The Hall–Kier alpha value is -1.36. The van der Waals surface area contributed by atoms with Crippen LogP contribution in [0.25, 0.3) is 0 Å². The van der Waals surface area contributed by atoms with E-state index in [2.05, 4.69) is 26.0 Å². The number of benzene rings is 1. The van der Waals surface area contributed by atoms with Gasteiger partial charge in [0, 0.05) is 11.4 Å². The van der Waals surface area contributed by atoms with Gasteiger partial charge in [0.1, 0.15) is 0 Å². The molecule has 0 radical (unpaired) electrons. The van der Waals surface area contributed by atoms with Crippen molar-refractivity contribution in [2.45, 2.75) is 19.9 Å². The van der Waals surface area contributed by atoms with Crippen molar-refractivity contribution in [3.05, 3.63) is 34.3 Å². The first-order chi connectivity index (χ1) is 7.99. The topological polar surface area (TPSA) is 55.4 Å². The van der Waals surface area contributed by atoms with E-state index in [1.807, 2.05) is 31.2 Å². The van der Waals surface area contributed by atoms with Crippen LogP contribution in [0.3, 0.4) is 0 Å². The number of hydrogen-bond acceptors (Lipinski definition) is 3. The van der Waals surface area contributed by atoms with Crippen molar-refractivity contribution in [3.8, 4) is 0 Å². The highest BCUT2D eigenvalue weighted by Gasteiger charge is 2.10. The molecule has 1 rings (SSSR count). The van der Waals surface area contributed by atoms with Crippen LogP contribution >= 0.6 is 15.9 Å². The minimum absolute atomic E-state index is 0.119.